The van der Waals surface area contributed by atoms with Gasteiger partial charge in [0.1, 0.15) is 5.69 Å². The zero-order valence-electron chi connectivity index (χ0n) is 20.1. The van der Waals surface area contributed by atoms with E-state index in [1.54, 1.807) is 19.4 Å². The summed E-state index contributed by atoms with van der Waals surface area (Å²) in [5, 5.41) is 1.91. The summed E-state index contributed by atoms with van der Waals surface area (Å²) in [6, 6.07) is 11.4. The van der Waals surface area contributed by atoms with Crippen molar-refractivity contribution in [3.05, 3.63) is 48.3 Å². The van der Waals surface area contributed by atoms with Crippen molar-refractivity contribution in [2.75, 3.05) is 13.7 Å². The highest BCUT2D eigenvalue weighted by Crippen LogP contribution is 2.55. The minimum atomic E-state index is -0.791. The Labute approximate surface area is 203 Å². The van der Waals surface area contributed by atoms with Gasteiger partial charge in [0.15, 0.2) is 11.9 Å². The second-order valence-corrected chi connectivity index (χ2v) is 10.0. The van der Waals surface area contributed by atoms with E-state index in [1.165, 1.54) is 0 Å². The Hall–Kier alpha value is -2.65. The Morgan fingerprint density at radius 2 is 1.91 bits per heavy atom. The summed E-state index contributed by atoms with van der Waals surface area (Å²) in [6.45, 7) is 2.15. The molecule has 2 aromatic heterocycles. The lowest BCUT2D eigenvalue weighted by molar-refractivity contribution is -0.554. The van der Waals surface area contributed by atoms with Crippen LogP contribution in [0.5, 0.6) is 0 Å². The van der Waals surface area contributed by atoms with Gasteiger partial charge in [0.05, 0.1) is 17.6 Å². The predicted molar refractivity (Wildman–Crippen MR) is 127 cm³/mol. The fraction of sp³-hybridized carbons (Fsp3) is 0.519. The number of methoxy groups -OCH3 is 1. The Morgan fingerprint density at radius 3 is 2.77 bits per heavy atom. The molecule has 3 aliphatic heterocycles. The van der Waals surface area contributed by atoms with E-state index in [2.05, 4.69) is 9.97 Å². The minimum Gasteiger partial charge on any atom is -0.461 e. The van der Waals surface area contributed by atoms with Crippen molar-refractivity contribution < 1.29 is 28.8 Å². The van der Waals surface area contributed by atoms with Gasteiger partial charge in [-0.15, -0.1) is 0 Å². The summed E-state index contributed by atoms with van der Waals surface area (Å²) in [7, 11) is 1.65. The number of nitrogens with zero attached hydrogens (tertiary/aromatic N) is 2. The molecule has 4 fully saturated rings. The summed E-state index contributed by atoms with van der Waals surface area (Å²) in [5.41, 5.74) is 1.05. The van der Waals surface area contributed by atoms with Crippen molar-refractivity contribution in [2.24, 2.45) is 11.8 Å². The molecule has 0 amide bonds. The molecule has 8 heteroatoms. The maximum Gasteiger partial charge on any atom is 0.356 e. The van der Waals surface area contributed by atoms with E-state index in [-0.39, 0.29) is 24.1 Å². The van der Waals surface area contributed by atoms with Gasteiger partial charge in [0.2, 0.25) is 5.79 Å². The van der Waals surface area contributed by atoms with Gasteiger partial charge < -0.3 is 14.2 Å². The molecule has 3 saturated heterocycles. The third kappa shape index (κ3) is 3.80. The molecule has 1 spiro atoms. The molecule has 5 atom stereocenters. The molecular formula is C27H30N2O6. The van der Waals surface area contributed by atoms with Gasteiger partial charge in [-0.05, 0) is 56.6 Å². The lowest BCUT2D eigenvalue weighted by Crippen LogP contribution is -2.63. The number of hydrogen-bond acceptors (Lipinski definition) is 8. The summed E-state index contributed by atoms with van der Waals surface area (Å²) >= 11 is 0. The van der Waals surface area contributed by atoms with E-state index in [1.807, 2.05) is 37.3 Å². The van der Waals surface area contributed by atoms with Crippen LogP contribution in [0.2, 0.25) is 0 Å². The van der Waals surface area contributed by atoms with Crippen LogP contribution in [0.25, 0.3) is 21.8 Å². The van der Waals surface area contributed by atoms with E-state index in [9.17, 15) is 4.79 Å². The quantitative estimate of drug-likeness (QED) is 0.289. The zero-order chi connectivity index (χ0) is 24.0. The third-order valence-electron chi connectivity index (χ3n) is 7.97. The third-order valence-corrected chi connectivity index (χ3v) is 7.97. The molecule has 0 N–H and O–H groups in total. The number of fused-ring (bicyclic) bond motifs is 6. The lowest BCUT2D eigenvalue weighted by Gasteiger charge is -2.53. The van der Waals surface area contributed by atoms with Crippen LogP contribution in [0.1, 0.15) is 55.9 Å². The fourth-order valence-electron chi connectivity index (χ4n) is 6.17. The largest absolute Gasteiger partial charge is 0.461 e. The number of benzene rings is 1. The second kappa shape index (κ2) is 8.78. The highest BCUT2D eigenvalue weighted by Gasteiger charge is 2.63. The van der Waals surface area contributed by atoms with Gasteiger partial charge in [-0.2, -0.15) is 0 Å². The van der Waals surface area contributed by atoms with Crippen LogP contribution < -0.4 is 0 Å². The molecule has 4 aliphatic rings. The molecule has 184 valence electrons. The monoisotopic (exact) mass is 478 g/mol. The molecule has 0 radical (unpaired) electrons. The first kappa shape index (κ1) is 22.8. The van der Waals surface area contributed by atoms with Crippen molar-refractivity contribution in [1.82, 2.24) is 9.97 Å². The van der Waals surface area contributed by atoms with Gasteiger partial charge in [0.25, 0.3) is 0 Å². The molecule has 35 heavy (non-hydrogen) atoms. The average Bonchev–Trinajstić information content (AvgIpc) is 3.12. The van der Waals surface area contributed by atoms with Crippen LogP contribution >= 0.6 is 0 Å². The number of carbonyl (C=O) groups excluding carboxylic acids is 1. The standard InChI is InChI=1S/C27H30N2O6/c1-26-14-12-19-6-3-7-20(27(19,35-34-26)25(31-2)33-26)13-16-32-24(30)21-11-10-18-9-8-17-5-4-15-28-22(17)23(18)29-21/h4-5,8-11,15,19-20,25H,3,6-7,12-14,16H2,1-2H3/t19-,20+,25+,26-,27-/m1/s1. The Morgan fingerprint density at radius 1 is 1.09 bits per heavy atom. The molecule has 1 aliphatic carbocycles. The zero-order valence-corrected chi connectivity index (χ0v) is 20.1. The SMILES string of the molecule is CO[C@H]1O[C@@]2(C)CC[C@H]3CCC[C@@H](CCOC(=O)c4ccc5ccc6cccnc6c5n4)[C@]31OO2. The topological polar surface area (TPSA) is 89.0 Å². The molecule has 8 nitrogen and oxygen atoms in total. The highest BCUT2D eigenvalue weighted by atomic mass is 17.3. The molecule has 0 unspecified atom stereocenters. The number of ether oxygens (including phenoxy) is 3. The van der Waals surface area contributed by atoms with E-state index in [4.69, 9.17) is 24.0 Å². The fourth-order valence-corrected chi connectivity index (χ4v) is 6.17. The van der Waals surface area contributed by atoms with Crippen LogP contribution in [0.15, 0.2) is 42.6 Å². The lowest BCUT2D eigenvalue weighted by atomic mass is 9.65. The number of carbonyl (C=O) groups is 1. The summed E-state index contributed by atoms with van der Waals surface area (Å²) in [5.74, 6) is -0.881. The highest BCUT2D eigenvalue weighted by molar-refractivity contribution is 6.04. The Kier molecular flexibility index (Phi) is 5.72. The normalized spacial score (nSPS) is 32.3. The number of pyridine rings is 2. The van der Waals surface area contributed by atoms with Crippen molar-refractivity contribution in [3.63, 3.8) is 0 Å². The Bertz CT molecular complexity index is 1270. The maximum atomic E-state index is 12.9. The first-order valence-corrected chi connectivity index (χ1v) is 12.4. The Balaban J connectivity index is 1.19. The average molecular weight is 479 g/mol. The van der Waals surface area contributed by atoms with E-state index in [0.717, 1.165) is 48.4 Å². The van der Waals surface area contributed by atoms with Crippen LogP contribution in [0.4, 0.5) is 0 Å². The number of esters is 1. The van der Waals surface area contributed by atoms with Gasteiger partial charge in [-0.3, -0.25) is 4.98 Å². The van der Waals surface area contributed by atoms with E-state index < -0.39 is 23.6 Å². The van der Waals surface area contributed by atoms with Crippen molar-refractivity contribution in [2.45, 2.75) is 63.1 Å². The van der Waals surface area contributed by atoms with Crippen molar-refractivity contribution in [3.8, 4) is 0 Å². The van der Waals surface area contributed by atoms with Crippen molar-refractivity contribution >= 4 is 27.8 Å². The summed E-state index contributed by atoms with van der Waals surface area (Å²) < 4.78 is 17.7. The van der Waals surface area contributed by atoms with Gasteiger partial charge in [-0.1, -0.05) is 30.7 Å². The van der Waals surface area contributed by atoms with E-state index in [0.29, 0.717) is 11.9 Å². The molecular weight excluding hydrogens is 448 g/mol. The molecule has 1 saturated carbocycles. The maximum absolute atomic E-state index is 12.9. The van der Waals surface area contributed by atoms with Crippen LogP contribution in [0.3, 0.4) is 0 Å². The number of hydrogen-bond donors (Lipinski definition) is 0. The van der Waals surface area contributed by atoms with Crippen molar-refractivity contribution in [1.29, 1.82) is 0 Å². The molecule has 7 rings (SSSR count). The first-order valence-electron chi connectivity index (χ1n) is 12.4. The van der Waals surface area contributed by atoms with E-state index >= 15 is 0 Å². The molecule has 5 heterocycles. The second-order valence-electron chi connectivity index (χ2n) is 10.0. The van der Waals surface area contributed by atoms with Crippen LogP contribution in [-0.2, 0) is 24.0 Å². The van der Waals surface area contributed by atoms with Gasteiger partial charge in [-0.25, -0.2) is 19.6 Å². The molecule has 2 bridgehead atoms. The molecule has 1 aromatic carbocycles. The number of rotatable bonds is 5. The first-order chi connectivity index (χ1) is 17.0. The van der Waals surface area contributed by atoms with Gasteiger partial charge in [0, 0.05) is 30.5 Å². The minimum absolute atomic E-state index is 0.0827. The summed E-state index contributed by atoms with van der Waals surface area (Å²) in [6.07, 6.45) is 6.63. The van der Waals surface area contributed by atoms with Crippen LogP contribution in [-0.4, -0.2) is 47.3 Å². The smallest absolute Gasteiger partial charge is 0.356 e. The van der Waals surface area contributed by atoms with Gasteiger partial charge >= 0.3 is 5.97 Å². The predicted octanol–water partition coefficient (Wildman–Crippen LogP) is 4.95. The summed E-state index contributed by atoms with van der Waals surface area (Å²) in [4.78, 5) is 33.9. The number of aromatic nitrogens is 2. The molecule has 3 aromatic rings. The van der Waals surface area contributed by atoms with Crippen LogP contribution in [0, 0.1) is 11.8 Å².